The molecule has 4 aliphatic carbocycles. The van der Waals surface area contributed by atoms with Crippen molar-refractivity contribution in [2.24, 2.45) is 0 Å². The van der Waals surface area contributed by atoms with Gasteiger partial charge in [-0.1, -0.05) is 70.8 Å². The topological polar surface area (TPSA) is 0 Å². The summed E-state index contributed by atoms with van der Waals surface area (Å²) in [6, 6.07) is 36.2. The van der Waals surface area contributed by atoms with Crippen LogP contribution in [0.2, 0.25) is 0 Å². The number of hydrogen-bond acceptors (Lipinski definition) is 0. The van der Waals surface area contributed by atoms with Gasteiger partial charge in [0, 0.05) is 0 Å². The number of rotatable bonds is 0. The zero-order valence-electron chi connectivity index (χ0n) is 23.6. The molecule has 0 bridgehead atoms. The molecule has 0 N–H and O–H groups in total. The van der Waals surface area contributed by atoms with Gasteiger partial charge in [0.05, 0.1) is 0 Å². The normalized spacial score (nSPS) is 12.1. The van der Waals surface area contributed by atoms with Crippen LogP contribution in [-0.4, -0.2) is 8.52 Å². The van der Waals surface area contributed by atoms with Gasteiger partial charge in [0.1, 0.15) is 0 Å². The van der Waals surface area contributed by atoms with Crippen molar-refractivity contribution in [3.05, 3.63) is 168 Å². The van der Waals surface area contributed by atoms with Crippen LogP contribution in [0.25, 0.3) is 22.3 Å². The fraction of sp³-hybridized carbons (Fsp3) is 0.105. The summed E-state index contributed by atoms with van der Waals surface area (Å²) < 4.78 is 6.78. The molecule has 4 aromatic carbocycles. The molecule has 8 rings (SSSR count). The van der Waals surface area contributed by atoms with E-state index in [2.05, 4.69) is 118 Å². The molecule has 0 aromatic heterocycles. The summed E-state index contributed by atoms with van der Waals surface area (Å²) in [4.78, 5) is 0. The smallest absolute Gasteiger partial charge is 0.0253 e. The molecule has 0 atom stereocenters. The van der Waals surface area contributed by atoms with Gasteiger partial charge in [0.2, 0.25) is 0 Å². The third kappa shape index (κ3) is 11.2. The summed E-state index contributed by atoms with van der Waals surface area (Å²) in [7, 11) is 0. The van der Waals surface area contributed by atoms with Crippen molar-refractivity contribution in [1.82, 2.24) is 0 Å². The standard InChI is InChI=1S/2C13H9.2C5H5.2CH2.2ClH.2Hf/c2*1-3-7-12-10(5-1)9-11-6-2-4-8-13(11)12;2*1-2-4-5-3-1;;;;;;/h2*1-5,7-8H,9H2;2*1-3H,4H2;2*1H2;2*1H;;/q4*-1;;;;;2*+2. The molecule has 0 saturated heterocycles. The molecule has 4 aromatic rings. The predicted molar refractivity (Wildman–Crippen MR) is 179 cm³/mol. The van der Waals surface area contributed by atoms with Crippen LogP contribution in [0.15, 0.2) is 121 Å². The SMILES string of the molecule is Cl.Cl.[C-]1=CC=CC1.[C-]1=CC=CC1.[CH2]=[Hf+2].[CH2]=[Hf+2].[c-]1cccc2c1Cc1ccccc1-2.[c-]1cccc2c1Cc1ccccc1-2. The van der Waals surface area contributed by atoms with Crippen LogP contribution >= 0.6 is 24.8 Å². The van der Waals surface area contributed by atoms with Crippen molar-refractivity contribution in [3.63, 3.8) is 0 Å². The average molecular weight is 919 g/mol. The zero-order chi connectivity index (χ0) is 28.4. The van der Waals surface area contributed by atoms with E-state index >= 15 is 0 Å². The minimum absolute atomic E-state index is 0. The van der Waals surface area contributed by atoms with Crippen LogP contribution in [0.5, 0.6) is 0 Å². The average Bonchev–Trinajstić information content (AvgIpc) is 3.87. The van der Waals surface area contributed by atoms with Crippen LogP contribution in [0, 0.1) is 24.3 Å². The summed E-state index contributed by atoms with van der Waals surface area (Å²) in [6.45, 7) is 0. The molecule has 0 aliphatic heterocycles. The Balaban J connectivity index is 0.000000284. The summed E-state index contributed by atoms with van der Waals surface area (Å²) in [5.74, 6) is 0. The molecule has 208 valence electrons. The largest absolute Gasteiger partial charge is 0.179 e. The summed E-state index contributed by atoms with van der Waals surface area (Å²) in [5.41, 5.74) is 11.0. The van der Waals surface area contributed by atoms with Crippen molar-refractivity contribution in [2.45, 2.75) is 25.7 Å². The number of halogens is 2. The molecule has 0 radical (unpaired) electrons. The predicted octanol–water partition coefficient (Wildman–Crippen LogP) is 9.50. The van der Waals surface area contributed by atoms with Crippen molar-refractivity contribution < 1.29 is 47.8 Å². The first-order chi connectivity index (χ1) is 19.9. The molecule has 0 heterocycles. The second-order valence-electron chi connectivity index (χ2n) is 8.80. The maximum Gasteiger partial charge on any atom is -0.0253 e. The summed E-state index contributed by atoms with van der Waals surface area (Å²) >= 11 is 2.11. The molecule has 0 unspecified atom stereocenters. The molecule has 0 spiro atoms. The van der Waals surface area contributed by atoms with E-state index in [1.54, 1.807) is 0 Å². The molecule has 42 heavy (non-hydrogen) atoms. The second-order valence-corrected chi connectivity index (χ2v) is 8.80. The second kappa shape index (κ2) is 22.4. The van der Waals surface area contributed by atoms with Gasteiger partial charge in [-0.25, -0.2) is 24.3 Å². The molecular weight excluding hydrogens is 884 g/mol. The first-order valence-corrected chi connectivity index (χ1v) is 18.3. The van der Waals surface area contributed by atoms with E-state index in [-0.39, 0.29) is 24.8 Å². The number of allylic oxidation sites excluding steroid dienone is 8. The Hall–Kier alpha value is -2.10. The zero-order valence-corrected chi connectivity index (χ0v) is 32.4. The third-order valence-corrected chi connectivity index (χ3v) is 6.40. The Kier molecular flexibility index (Phi) is 20.3. The van der Waals surface area contributed by atoms with Crippen molar-refractivity contribution in [3.8, 4) is 22.3 Å². The van der Waals surface area contributed by atoms with Gasteiger partial charge in [-0.2, -0.15) is 71.8 Å². The Morgan fingerprint density at radius 1 is 0.500 bits per heavy atom. The Bertz CT molecular complexity index is 1260. The van der Waals surface area contributed by atoms with Gasteiger partial charge >= 0.3 is 56.3 Å². The van der Waals surface area contributed by atoms with E-state index in [1.807, 2.05) is 36.4 Å². The third-order valence-electron chi connectivity index (χ3n) is 6.40. The maximum absolute atomic E-state index is 3.39. The van der Waals surface area contributed by atoms with Crippen LogP contribution in [0.3, 0.4) is 0 Å². The van der Waals surface area contributed by atoms with Gasteiger partial charge < -0.3 is 0 Å². The number of fused-ring (bicyclic) bond motifs is 6. The van der Waals surface area contributed by atoms with Gasteiger partial charge in [-0.3, -0.25) is 12.2 Å². The van der Waals surface area contributed by atoms with Crippen molar-refractivity contribution in [1.29, 1.82) is 0 Å². The Morgan fingerprint density at radius 2 is 0.881 bits per heavy atom. The fourth-order valence-corrected chi connectivity index (χ4v) is 4.68. The first kappa shape index (κ1) is 37.9. The minimum atomic E-state index is 0. The monoisotopic (exact) mass is 920 g/mol. The van der Waals surface area contributed by atoms with Gasteiger partial charge in [-0.05, 0) is 12.8 Å². The molecular formula is C38H34Cl2Hf2. The molecule has 4 aliphatic rings. The van der Waals surface area contributed by atoms with E-state index in [9.17, 15) is 0 Å². The molecule has 0 amide bonds. The molecule has 0 fully saturated rings. The Labute approximate surface area is 294 Å². The van der Waals surface area contributed by atoms with Crippen molar-refractivity contribution in [2.75, 3.05) is 0 Å². The fourth-order valence-electron chi connectivity index (χ4n) is 4.68. The Morgan fingerprint density at radius 3 is 1.21 bits per heavy atom. The van der Waals surface area contributed by atoms with E-state index in [4.69, 9.17) is 0 Å². The molecule has 0 nitrogen and oxygen atoms in total. The summed E-state index contributed by atoms with van der Waals surface area (Å²) in [5, 5.41) is 0. The minimum Gasteiger partial charge on any atom is -0.179 e. The van der Waals surface area contributed by atoms with Crippen LogP contribution in [0.4, 0.5) is 0 Å². The van der Waals surface area contributed by atoms with Gasteiger partial charge in [0.25, 0.3) is 0 Å². The quantitative estimate of drug-likeness (QED) is 0.105. The maximum atomic E-state index is 3.39. The number of benzene rings is 4. The van der Waals surface area contributed by atoms with Gasteiger partial charge in [-0.15, -0.1) is 48.8 Å². The van der Waals surface area contributed by atoms with Crippen LogP contribution in [0.1, 0.15) is 35.1 Å². The first-order valence-electron chi connectivity index (χ1n) is 13.2. The number of hydrogen-bond donors (Lipinski definition) is 0. The molecule has 0 saturated carbocycles. The molecule has 4 heteroatoms. The van der Waals surface area contributed by atoms with Gasteiger partial charge in [0.15, 0.2) is 0 Å². The summed E-state index contributed by atoms with van der Waals surface area (Å²) in [6.07, 6.45) is 22.1. The van der Waals surface area contributed by atoms with Crippen LogP contribution < -0.4 is 0 Å². The van der Waals surface area contributed by atoms with E-state index < -0.39 is 0 Å². The van der Waals surface area contributed by atoms with E-state index in [1.165, 1.54) is 44.5 Å². The van der Waals surface area contributed by atoms with Crippen LogP contribution in [-0.2, 0) is 60.6 Å². The van der Waals surface area contributed by atoms with Crippen molar-refractivity contribution >= 4 is 33.3 Å². The van der Waals surface area contributed by atoms with E-state index in [0.717, 1.165) is 73.5 Å². The van der Waals surface area contributed by atoms with E-state index in [0.29, 0.717) is 0 Å².